The smallest absolute Gasteiger partial charge is 0.226 e. The quantitative estimate of drug-likeness (QED) is 0.837. The molecule has 7 nitrogen and oxygen atoms in total. The molecular weight excluding hydrogens is 328 g/mol. The number of nitrogens with zero attached hydrogens (tertiary/aromatic N) is 6. The van der Waals surface area contributed by atoms with Gasteiger partial charge in [0.25, 0.3) is 0 Å². The second kappa shape index (κ2) is 6.52. The first kappa shape index (κ1) is 16.7. The van der Waals surface area contributed by atoms with E-state index < -0.39 is 0 Å². The van der Waals surface area contributed by atoms with E-state index >= 15 is 0 Å². The first-order chi connectivity index (χ1) is 12.6. The molecule has 2 aromatic heterocycles. The van der Waals surface area contributed by atoms with Gasteiger partial charge in [0.1, 0.15) is 18.1 Å². The molecule has 1 aliphatic carbocycles. The summed E-state index contributed by atoms with van der Waals surface area (Å²) >= 11 is 0. The van der Waals surface area contributed by atoms with Crippen molar-refractivity contribution >= 4 is 5.95 Å². The summed E-state index contributed by atoms with van der Waals surface area (Å²) in [4.78, 5) is 19.5. The number of anilines is 1. The molecule has 1 saturated heterocycles. The minimum Gasteiger partial charge on any atom is -0.477 e. The van der Waals surface area contributed by atoms with Crippen molar-refractivity contribution in [1.29, 1.82) is 5.26 Å². The maximum Gasteiger partial charge on any atom is 0.226 e. The first-order valence-corrected chi connectivity index (χ1v) is 9.00. The summed E-state index contributed by atoms with van der Waals surface area (Å²) in [6.45, 7) is 6.38. The second-order valence-corrected chi connectivity index (χ2v) is 7.36. The Morgan fingerprint density at radius 2 is 2.23 bits per heavy atom. The number of aromatic nitrogens is 4. The van der Waals surface area contributed by atoms with Gasteiger partial charge >= 0.3 is 0 Å². The summed E-state index contributed by atoms with van der Waals surface area (Å²) in [5.41, 5.74) is 2.45. The average Bonchev–Trinajstić information content (AvgIpc) is 3.20. The van der Waals surface area contributed by atoms with E-state index in [1.165, 1.54) is 12.8 Å². The van der Waals surface area contributed by atoms with Gasteiger partial charge in [-0.1, -0.05) is 6.42 Å². The number of rotatable bonds is 4. The second-order valence-electron chi connectivity index (χ2n) is 7.36. The number of nitriles is 1. The summed E-state index contributed by atoms with van der Waals surface area (Å²) < 4.78 is 6.16. The topological polar surface area (TPSA) is 87.8 Å². The molecule has 2 fully saturated rings. The molecule has 0 spiro atoms. The predicted molar refractivity (Wildman–Crippen MR) is 95.7 cm³/mol. The highest BCUT2D eigenvalue weighted by atomic mass is 16.5. The van der Waals surface area contributed by atoms with Gasteiger partial charge in [-0.2, -0.15) is 5.26 Å². The van der Waals surface area contributed by atoms with Crippen molar-refractivity contribution in [3.05, 3.63) is 35.5 Å². The average molecular weight is 350 g/mol. The molecule has 2 unspecified atom stereocenters. The third-order valence-corrected chi connectivity index (χ3v) is 5.87. The van der Waals surface area contributed by atoms with E-state index in [1.54, 1.807) is 18.6 Å². The highest BCUT2D eigenvalue weighted by Gasteiger charge is 2.50. The van der Waals surface area contributed by atoms with Crippen LogP contribution in [-0.2, 0) is 0 Å². The fourth-order valence-corrected chi connectivity index (χ4v) is 4.24. The van der Waals surface area contributed by atoms with Crippen LogP contribution < -0.4 is 9.64 Å². The number of hydrogen-bond donors (Lipinski definition) is 0. The summed E-state index contributed by atoms with van der Waals surface area (Å²) in [6.07, 6.45) is 6.77. The normalized spacial score (nSPS) is 24.3. The molecule has 0 radical (unpaired) electrons. The summed E-state index contributed by atoms with van der Waals surface area (Å²) in [5, 5.41) is 9.08. The van der Waals surface area contributed by atoms with E-state index in [1.807, 2.05) is 13.8 Å². The maximum atomic E-state index is 9.08. The third kappa shape index (κ3) is 2.85. The maximum absolute atomic E-state index is 9.08. The van der Waals surface area contributed by atoms with E-state index in [2.05, 4.69) is 30.9 Å². The van der Waals surface area contributed by atoms with Gasteiger partial charge in [0, 0.05) is 36.0 Å². The molecule has 2 aliphatic rings. The molecular formula is C19H22N6O. The monoisotopic (exact) mass is 350 g/mol. The number of fused-ring (bicyclic) bond motifs is 1. The van der Waals surface area contributed by atoms with Crippen LogP contribution in [0, 0.1) is 36.5 Å². The lowest BCUT2D eigenvalue weighted by Crippen LogP contribution is -2.34. The molecule has 134 valence electrons. The van der Waals surface area contributed by atoms with E-state index in [0.717, 1.165) is 30.8 Å². The van der Waals surface area contributed by atoms with Crippen LogP contribution >= 0.6 is 0 Å². The zero-order valence-electron chi connectivity index (χ0n) is 15.1. The minimum atomic E-state index is 0.0945. The molecule has 2 atom stereocenters. The van der Waals surface area contributed by atoms with Crippen molar-refractivity contribution in [1.82, 2.24) is 19.9 Å². The van der Waals surface area contributed by atoms with Crippen LogP contribution in [0.5, 0.6) is 5.88 Å². The Bertz CT molecular complexity index is 863. The van der Waals surface area contributed by atoms with Crippen LogP contribution in [0.4, 0.5) is 5.95 Å². The van der Waals surface area contributed by atoms with Crippen molar-refractivity contribution in [3.8, 4) is 11.9 Å². The highest BCUT2D eigenvalue weighted by molar-refractivity contribution is 5.37. The number of hydrogen-bond acceptors (Lipinski definition) is 7. The van der Waals surface area contributed by atoms with Crippen molar-refractivity contribution in [2.75, 3.05) is 24.6 Å². The molecule has 1 aliphatic heterocycles. The van der Waals surface area contributed by atoms with E-state index in [0.29, 0.717) is 30.0 Å². The third-order valence-electron chi connectivity index (χ3n) is 5.87. The van der Waals surface area contributed by atoms with Crippen molar-refractivity contribution in [2.45, 2.75) is 33.1 Å². The van der Waals surface area contributed by atoms with Gasteiger partial charge in [0.05, 0.1) is 6.61 Å². The molecule has 0 bridgehead atoms. The van der Waals surface area contributed by atoms with E-state index in [-0.39, 0.29) is 5.41 Å². The van der Waals surface area contributed by atoms with Gasteiger partial charge in [0.15, 0.2) is 0 Å². The van der Waals surface area contributed by atoms with Gasteiger partial charge in [-0.15, -0.1) is 0 Å². The summed E-state index contributed by atoms with van der Waals surface area (Å²) in [5.74, 6) is 1.88. The lowest BCUT2D eigenvalue weighted by atomic mass is 9.81. The Morgan fingerprint density at radius 3 is 3.08 bits per heavy atom. The largest absolute Gasteiger partial charge is 0.477 e. The van der Waals surface area contributed by atoms with Gasteiger partial charge in [-0.3, -0.25) is 0 Å². The molecule has 4 rings (SSSR count). The lowest BCUT2D eigenvalue weighted by molar-refractivity contribution is 0.133. The predicted octanol–water partition coefficient (Wildman–Crippen LogP) is 2.44. The Hall–Kier alpha value is -2.75. The summed E-state index contributed by atoms with van der Waals surface area (Å²) in [7, 11) is 0. The number of ether oxygens (including phenoxy) is 1. The van der Waals surface area contributed by atoms with Gasteiger partial charge in [-0.05, 0) is 38.7 Å². The Morgan fingerprint density at radius 1 is 1.35 bits per heavy atom. The van der Waals surface area contributed by atoms with Gasteiger partial charge in [-0.25, -0.2) is 19.9 Å². The van der Waals surface area contributed by atoms with Crippen LogP contribution in [0.3, 0.4) is 0 Å². The number of aryl methyl sites for hydroxylation is 1. The van der Waals surface area contributed by atoms with E-state index in [4.69, 9.17) is 10.00 Å². The zero-order valence-corrected chi connectivity index (χ0v) is 15.1. The van der Waals surface area contributed by atoms with Crippen LogP contribution in [0.2, 0.25) is 0 Å². The van der Waals surface area contributed by atoms with Crippen molar-refractivity contribution in [2.24, 2.45) is 11.3 Å². The van der Waals surface area contributed by atoms with Crippen LogP contribution in [0.1, 0.15) is 36.2 Å². The molecule has 7 heteroatoms. The molecule has 0 N–H and O–H groups in total. The molecule has 0 aromatic carbocycles. The standard InChI is InChI=1S/C19H22N6O/c1-13-14(2)22-12-23-17(13)26-11-19-6-3-4-15(19)9-25(10-19)18-21-7-5-16(8-20)24-18/h5,7,12,15H,3-4,6,9-11H2,1-2H3. The minimum absolute atomic E-state index is 0.0945. The SMILES string of the molecule is Cc1ncnc(OCC23CCCC2CN(c2nccc(C#N)n2)C3)c1C. The molecule has 3 heterocycles. The van der Waals surface area contributed by atoms with Gasteiger partial charge < -0.3 is 9.64 Å². The first-order valence-electron chi connectivity index (χ1n) is 9.00. The Balaban J connectivity index is 1.53. The van der Waals surface area contributed by atoms with Gasteiger partial charge in [0.2, 0.25) is 11.8 Å². The molecule has 2 aromatic rings. The summed E-state index contributed by atoms with van der Waals surface area (Å²) in [6, 6.07) is 3.73. The fourth-order valence-electron chi connectivity index (χ4n) is 4.24. The van der Waals surface area contributed by atoms with E-state index in [9.17, 15) is 0 Å². The molecule has 1 saturated carbocycles. The van der Waals surface area contributed by atoms with Crippen molar-refractivity contribution < 1.29 is 4.74 Å². The molecule has 0 amide bonds. The van der Waals surface area contributed by atoms with Crippen LogP contribution in [0.25, 0.3) is 0 Å². The lowest BCUT2D eigenvalue weighted by Gasteiger charge is -2.28. The van der Waals surface area contributed by atoms with Crippen LogP contribution in [-0.4, -0.2) is 39.6 Å². The Kier molecular flexibility index (Phi) is 4.19. The molecule has 26 heavy (non-hydrogen) atoms. The highest BCUT2D eigenvalue weighted by Crippen LogP contribution is 2.49. The van der Waals surface area contributed by atoms with Crippen LogP contribution in [0.15, 0.2) is 18.6 Å². The van der Waals surface area contributed by atoms with Crippen molar-refractivity contribution in [3.63, 3.8) is 0 Å². The Labute approximate surface area is 153 Å². The fraction of sp³-hybridized carbons (Fsp3) is 0.526. The zero-order chi connectivity index (χ0) is 18.1.